The highest BCUT2D eigenvalue weighted by molar-refractivity contribution is 5.80. The van der Waals surface area contributed by atoms with E-state index >= 15 is 0 Å². The van der Waals surface area contributed by atoms with E-state index in [-0.39, 0.29) is 5.91 Å². The van der Waals surface area contributed by atoms with Crippen LogP contribution < -0.4 is 15.8 Å². The summed E-state index contributed by atoms with van der Waals surface area (Å²) in [6.45, 7) is 0.678. The number of ether oxygens (including phenoxy) is 1. The molecule has 4 heteroatoms. The van der Waals surface area contributed by atoms with Crippen molar-refractivity contribution in [3.8, 4) is 5.75 Å². The van der Waals surface area contributed by atoms with Gasteiger partial charge in [-0.25, -0.2) is 0 Å². The highest BCUT2D eigenvalue weighted by atomic mass is 16.5. The van der Waals surface area contributed by atoms with Crippen molar-refractivity contribution >= 4 is 11.6 Å². The van der Waals surface area contributed by atoms with Gasteiger partial charge < -0.3 is 15.8 Å². The Hall–Kier alpha value is -1.71. The van der Waals surface area contributed by atoms with E-state index in [0.29, 0.717) is 24.4 Å². The van der Waals surface area contributed by atoms with Crippen molar-refractivity contribution < 1.29 is 9.53 Å². The minimum atomic E-state index is 0.0561. The summed E-state index contributed by atoms with van der Waals surface area (Å²) in [6, 6.07) is 3.75. The molecule has 1 aromatic rings. The average Bonchev–Trinajstić information content (AvgIpc) is 2.37. The molecule has 1 amide bonds. The highest BCUT2D eigenvalue weighted by Crippen LogP contribution is 2.27. The largest absolute Gasteiger partial charge is 0.495 e. The van der Waals surface area contributed by atoms with Crippen LogP contribution in [0.1, 0.15) is 11.1 Å². The molecule has 15 heavy (non-hydrogen) atoms. The predicted molar refractivity (Wildman–Crippen MR) is 57.8 cm³/mol. The number of methoxy groups -OCH3 is 1. The van der Waals surface area contributed by atoms with Crippen LogP contribution in [-0.2, 0) is 17.6 Å². The number of nitrogen functional groups attached to an aromatic ring is 1. The van der Waals surface area contributed by atoms with E-state index in [1.807, 2.05) is 12.1 Å². The number of anilines is 1. The Balaban J connectivity index is 2.44. The van der Waals surface area contributed by atoms with Gasteiger partial charge in [-0.2, -0.15) is 0 Å². The number of benzene rings is 1. The van der Waals surface area contributed by atoms with Crippen LogP contribution in [0.25, 0.3) is 0 Å². The third kappa shape index (κ3) is 1.88. The molecule has 1 aliphatic heterocycles. The van der Waals surface area contributed by atoms with Gasteiger partial charge >= 0.3 is 0 Å². The van der Waals surface area contributed by atoms with Crippen molar-refractivity contribution in [1.29, 1.82) is 0 Å². The first-order valence-electron chi connectivity index (χ1n) is 4.92. The molecular weight excluding hydrogens is 192 g/mol. The molecule has 0 radical (unpaired) electrons. The Morgan fingerprint density at radius 1 is 1.40 bits per heavy atom. The first-order chi connectivity index (χ1) is 7.20. The molecule has 0 fully saturated rings. The van der Waals surface area contributed by atoms with Crippen molar-refractivity contribution in [3.63, 3.8) is 0 Å². The third-order valence-electron chi connectivity index (χ3n) is 2.62. The van der Waals surface area contributed by atoms with Gasteiger partial charge in [0.15, 0.2) is 0 Å². The lowest BCUT2D eigenvalue weighted by Gasteiger charge is -2.10. The van der Waals surface area contributed by atoms with Crippen molar-refractivity contribution in [2.45, 2.75) is 12.8 Å². The van der Waals surface area contributed by atoms with E-state index in [9.17, 15) is 4.79 Å². The summed E-state index contributed by atoms with van der Waals surface area (Å²) in [5.41, 5.74) is 8.58. The molecule has 0 unspecified atom stereocenters. The first kappa shape index (κ1) is 9.83. The van der Waals surface area contributed by atoms with E-state index in [1.54, 1.807) is 7.11 Å². The molecule has 80 valence electrons. The lowest BCUT2D eigenvalue weighted by molar-refractivity contribution is -0.120. The minimum absolute atomic E-state index is 0.0561. The molecule has 0 saturated carbocycles. The monoisotopic (exact) mass is 206 g/mol. The molecule has 0 atom stereocenters. The molecule has 2 rings (SSSR count). The second-order valence-corrected chi connectivity index (χ2v) is 3.64. The lowest BCUT2D eigenvalue weighted by atomic mass is 10.0. The number of nitrogens with two attached hydrogens (primary N) is 1. The molecule has 1 aromatic carbocycles. The van der Waals surface area contributed by atoms with Crippen LogP contribution in [0.4, 0.5) is 5.69 Å². The number of carbonyl (C=O) groups excluding carboxylic acids is 1. The maximum atomic E-state index is 11.3. The minimum Gasteiger partial charge on any atom is -0.495 e. The predicted octanol–water partition coefficient (Wildman–Crippen LogP) is 0.492. The Bertz CT molecular complexity index is 402. The number of amides is 1. The van der Waals surface area contributed by atoms with E-state index in [2.05, 4.69) is 5.32 Å². The van der Waals surface area contributed by atoms with E-state index < -0.39 is 0 Å². The summed E-state index contributed by atoms with van der Waals surface area (Å²) in [5, 5.41) is 2.83. The topological polar surface area (TPSA) is 64.3 Å². The SMILES string of the molecule is COc1cc2c(cc1N)CCNC(=O)C2. The quantitative estimate of drug-likeness (QED) is 0.657. The number of rotatable bonds is 1. The number of hydrogen-bond acceptors (Lipinski definition) is 3. The van der Waals surface area contributed by atoms with Crippen LogP contribution in [0.15, 0.2) is 12.1 Å². The molecule has 1 aliphatic rings. The first-order valence-corrected chi connectivity index (χ1v) is 4.92. The molecule has 0 aromatic heterocycles. The number of fused-ring (bicyclic) bond motifs is 1. The van der Waals surface area contributed by atoms with Gasteiger partial charge in [0.25, 0.3) is 0 Å². The summed E-state index contributed by atoms with van der Waals surface area (Å²) >= 11 is 0. The van der Waals surface area contributed by atoms with Gasteiger partial charge in [0.2, 0.25) is 5.91 Å². The molecule has 0 bridgehead atoms. The van der Waals surface area contributed by atoms with Gasteiger partial charge in [0.1, 0.15) is 5.75 Å². The Kier molecular flexibility index (Phi) is 2.49. The molecule has 1 heterocycles. The molecular formula is C11H14N2O2. The Morgan fingerprint density at radius 3 is 2.93 bits per heavy atom. The number of nitrogens with one attached hydrogen (secondary N) is 1. The van der Waals surface area contributed by atoms with E-state index in [0.717, 1.165) is 17.5 Å². The summed E-state index contributed by atoms with van der Waals surface area (Å²) in [6.07, 6.45) is 1.24. The van der Waals surface area contributed by atoms with Crippen molar-refractivity contribution in [2.24, 2.45) is 0 Å². The highest BCUT2D eigenvalue weighted by Gasteiger charge is 2.15. The van der Waals surface area contributed by atoms with Crippen molar-refractivity contribution in [3.05, 3.63) is 23.3 Å². The van der Waals surface area contributed by atoms with Crippen LogP contribution in [0.2, 0.25) is 0 Å². The summed E-state index contributed by atoms with van der Waals surface area (Å²) in [4.78, 5) is 11.3. The van der Waals surface area contributed by atoms with Crippen molar-refractivity contribution in [1.82, 2.24) is 5.32 Å². The second kappa shape index (κ2) is 3.81. The smallest absolute Gasteiger partial charge is 0.224 e. The fraction of sp³-hybridized carbons (Fsp3) is 0.364. The summed E-state index contributed by atoms with van der Waals surface area (Å²) in [5.74, 6) is 0.698. The molecule has 0 saturated heterocycles. The zero-order chi connectivity index (χ0) is 10.8. The third-order valence-corrected chi connectivity index (χ3v) is 2.62. The van der Waals surface area contributed by atoms with Crippen molar-refractivity contribution in [2.75, 3.05) is 19.4 Å². The maximum absolute atomic E-state index is 11.3. The van der Waals surface area contributed by atoms with Gasteiger partial charge in [0.05, 0.1) is 19.2 Å². The van der Waals surface area contributed by atoms with Gasteiger partial charge in [-0.15, -0.1) is 0 Å². The molecule has 3 N–H and O–H groups in total. The standard InChI is InChI=1S/C11H14N2O2/c1-15-10-5-8-6-11(14)13-3-2-7(8)4-9(10)12/h4-5H,2-3,6,12H2,1H3,(H,13,14). The Morgan fingerprint density at radius 2 is 2.20 bits per heavy atom. The number of carbonyl (C=O) groups is 1. The summed E-state index contributed by atoms with van der Waals surface area (Å²) in [7, 11) is 1.58. The normalized spacial score (nSPS) is 15.1. The average molecular weight is 206 g/mol. The van der Waals surface area contributed by atoms with Gasteiger partial charge in [-0.05, 0) is 29.7 Å². The van der Waals surface area contributed by atoms with Gasteiger partial charge in [-0.3, -0.25) is 4.79 Å². The molecule has 0 spiro atoms. The van der Waals surface area contributed by atoms with Crippen LogP contribution in [0.3, 0.4) is 0 Å². The lowest BCUT2D eigenvalue weighted by Crippen LogP contribution is -2.24. The fourth-order valence-electron chi connectivity index (χ4n) is 1.83. The van der Waals surface area contributed by atoms with E-state index in [1.165, 1.54) is 0 Å². The van der Waals surface area contributed by atoms with Crippen LogP contribution >= 0.6 is 0 Å². The van der Waals surface area contributed by atoms with Crippen LogP contribution in [-0.4, -0.2) is 19.6 Å². The van der Waals surface area contributed by atoms with Gasteiger partial charge in [0, 0.05) is 6.54 Å². The molecule has 0 aliphatic carbocycles. The number of hydrogen-bond donors (Lipinski definition) is 2. The van der Waals surface area contributed by atoms with E-state index in [4.69, 9.17) is 10.5 Å². The summed E-state index contributed by atoms with van der Waals surface area (Å²) < 4.78 is 5.13. The Labute approximate surface area is 88.4 Å². The zero-order valence-electron chi connectivity index (χ0n) is 8.67. The maximum Gasteiger partial charge on any atom is 0.224 e. The fourth-order valence-corrected chi connectivity index (χ4v) is 1.83. The zero-order valence-corrected chi connectivity index (χ0v) is 8.67. The second-order valence-electron chi connectivity index (χ2n) is 3.64. The van der Waals surface area contributed by atoms with Crippen LogP contribution in [0.5, 0.6) is 5.75 Å². The molecule has 4 nitrogen and oxygen atoms in total. The van der Waals surface area contributed by atoms with Gasteiger partial charge in [-0.1, -0.05) is 0 Å². The van der Waals surface area contributed by atoms with Crippen LogP contribution in [0, 0.1) is 0 Å².